The Labute approximate surface area is 135 Å². The minimum Gasteiger partial charge on any atom is -0.462 e. The van der Waals surface area contributed by atoms with Gasteiger partial charge in [-0.1, -0.05) is 18.2 Å². The molecule has 2 aliphatic heterocycles. The largest absolute Gasteiger partial charge is 0.462 e. The molecule has 2 aromatic rings. The van der Waals surface area contributed by atoms with Crippen LogP contribution in [0.2, 0.25) is 0 Å². The Morgan fingerprint density at radius 1 is 1.04 bits per heavy atom. The average molecular weight is 313 g/mol. The molecule has 2 aliphatic rings. The molecular weight excluding hydrogens is 293 g/mol. The molecule has 0 radical (unpaired) electrons. The van der Waals surface area contributed by atoms with E-state index in [4.69, 9.17) is 9.47 Å². The quantitative estimate of drug-likeness (QED) is 0.799. The first-order valence-corrected chi connectivity index (χ1v) is 8.04. The third-order valence-electron chi connectivity index (χ3n) is 4.75. The SMILES string of the molecule is CN1CCC2(CC1)OCc1cc(-c3cccc(F)c3)ccc1O2. The zero-order valence-electron chi connectivity index (χ0n) is 13.2. The van der Waals surface area contributed by atoms with Crippen LogP contribution < -0.4 is 4.74 Å². The molecule has 3 nitrogen and oxygen atoms in total. The van der Waals surface area contributed by atoms with E-state index in [1.165, 1.54) is 6.07 Å². The van der Waals surface area contributed by atoms with Crippen LogP contribution in [0.3, 0.4) is 0 Å². The van der Waals surface area contributed by atoms with Gasteiger partial charge in [0.15, 0.2) is 0 Å². The molecule has 0 saturated carbocycles. The fraction of sp³-hybridized carbons (Fsp3) is 0.368. The number of nitrogens with zero attached hydrogens (tertiary/aromatic N) is 1. The zero-order chi connectivity index (χ0) is 15.9. The molecule has 4 rings (SSSR count). The molecule has 4 heteroatoms. The molecule has 23 heavy (non-hydrogen) atoms. The lowest BCUT2D eigenvalue weighted by atomic mass is 9.99. The highest BCUT2D eigenvalue weighted by Crippen LogP contribution is 2.38. The molecule has 0 unspecified atom stereocenters. The minimum absolute atomic E-state index is 0.224. The van der Waals surface area contributed by atoms with Crippen molar-refractivity contribution in [2.75, 3.05) is 20.1 Å². The van der Waals surface area contributed by atoms with Crippen molar-refractivity contribution in [2.45, 2.75) is 25.2 Å². The molecule has 0 aromatic heterocycles. The smallest absolute Gasteiger partial charge is 0.213 e. The number of hydrogen-bond acceptors (Lipinski definition) is 3. The van der Waals surface area contributed by atoms with Crippen molar-refractivity contribution in [1.29, 1.82) is 0 Å². The molecule has 0 atom stereocenters. The fourth-order valence-electron chi connectivity index (χ4n) is 3.28. The maximum atomic E-state index is 13.4. The van der Waals surface area contributed by atoms with Crippen molar-refractivity contribution in [3.8, 4) is 16.9 Å². The van der Waals surface area contributed by atoms with Gasteiger partial charge in [0.25, 0.3) is 0 Å². The highest BCUT2D eigenvalue weighted by molar-refractivity contribution is 5.65. The van der Waals surface area contributed by atoms with Gasteiger partial charge in [0, 0.05) is 31.5 Å². The molecule has 1 saturated heterocycles. The summed E-state index contributed by atoms with van der Waals surface area (Å²) in [6.45, 7) is 2.51. The van der Waals surface area contributed by atoms with Crippen LogP contribution in [0.5, 0.6) is 5.75 Å². The topological polar surface area (TPSA) is 21.7 Å². The molecular formula is C19H20FNO2. The number of piperidine rings is 1. The third kappa shape index (κ3) is 2.84. The van der Waals surface area contributed by atoms with Gasteiger partial charge >= 0.3 is 0 Å². The second kappa shape index (κ2) is 5.62. The normalized spacial score (nSPS) is 20.1. The van der Waals surface area contributed by atoms with Gasteiger partial charge in [-0.25, -0.2) is 4.39 Å². The standard InChI is InChI=1S/C19H20FNO2/c1-21-9-7-19(8-10-21)22-13-16-11-15(5-6-18(16)23-19)14-3-2-4-17(20)12-14/h2-6,11-12H,7-10,13H2,1H3. The molecule has 1 fully saturated rings. The first kappa shape index (κ1) is 14.7. The highest BCUT2D eigenvalue weighted by Gasteiger charge is 2.40. The maximum Gasteiger partial charge on any atom is 0.213 e. The molecule has 120 valence electrons. The van der Waals surface area contributed by atoms with E-state index in [1.807, 2.05) is 24.3 Å². The summed E-state index contributed by atoms with van der Waals surface area (Å²) in [5.74, 6) is 0.193. The Kier molecular flexibility index (Phi) is 3.58. The predicted molar refractivity (Wildman–Crippen MR) is 86.7 cm³/mol. The zero-order valence-corrected chi connectivity index (χ0v) is 13.2. The van der Waals surface area contributed by atoms with E-state index in [0.29, 0.717) is 6.61 Å². The van der Waals surface area contributed by atoms with Crippen LogP contribution in [0.4, 0.5) is 4.39 Å². The van der Waals surface area contributed by atoms with Gasteiger partial charge in [0.1, 0.15) is 11.6 Å². The molecule has 2 aromatic carbocycles. The van der Waals surface area contributed by atoms with Gasteiger partial charge in [-0.2, -0.15) is 0 Å². The van der Waals surface area contributed by atoms with Crippen molar-refractivity contribution >= 4 is 0 Å². The van der Waals surface area contributed by atoms with E-state index in [0.717, 1.165) is 48.4 Å². The summed E-state index contributed by atoms with van der Waals surface area (Å²) in [7, 11) is 2.12. The lowest BCUT2D eigenvalue weighted by molar-refractivity contribution is -0.226. The molecule has 2 heterocycles. The number of halogens is 1. The van der Waals surface area contributed by atoms with Crippen molar-refractivity contribution < 1.29 is 13.9 Å². The first-order chi connectivity index (χ1) is 11.1. The first-order valence-electron chi connectivity index (χ1n) is 8.04. The van der Waals surface area contributed by atoms with Crippen molar-refractivity contribution in [3.05, 3.63) is 53.8 Å². The van der Waals surface area contributed by atoms with E-state index in [1.54, 1.807) is 12.1 Å². The van der Waals surface area contributed by atoms with E-state index in [-0.39, 0.29) is 5.82 Å². The van der Waals surface area contributed by atoms with Crippen molar-refractivity contribution in [2.24, 2.45) is 0 Å². The summed E-state index contributed by atoms with van der Waals surface area (Å²) < 4.78 is 25.7. The number of likely N-dealkylation sites (tertiary alicyclic amines) is 1. The molecule has 0 bridgehead atoms. The van der Waals surface area contributed by atoms with Gasteiger partial charge < -0.3 is 14.4 Å². The second-order valence-corrected chi connectivity index (χ2v) is 6.44. The number of ether oxygens (including phenoxy) is 2. The van der Waals surface area contributed by atoms with E-state index < -0.39 is 5.79 Å². The second-order valence-electron chi connectivity index (χ2n) is 6.44. The Balaban J connectivity index is 1.60. The highest BCUT2D eigenvalue weighted by atomic mass is 19.1. The number of hydrogen-bond donors (Lipinski definition) is 0. The summed E-state index contributed by atoms with van der Waals surface area (Å²) in [5, 5.41) is 0. The van der Waals surface area contributed by atoms with Crippen molar-refractivity contribution in [1.82, 2.24) is 4.90 Å². The Morgan fingerprint density at radius 2 is 1.83 bits per heavy atom. The molecule has 1 spiro atoms. The van der Waals surface area contributed by atoms with E-state index in [2.05, 4.69) is 11.9 Å². The molecule has 0 amide bonds. The number of benzene rings is 2. The monoisotopic (exact) mass is 313 g/mol. The number of rotatable bonds is 1. The maximum absolute atomic E-state index is 13.4. The summed E-state index contributed by atoms with van der Waals surface area (Å²) >= 11 is 0. The van der Waals surface area contributed by atoms with Gasteiger partial charge in [-0.15, -0.1) is 0 Å². The van der Waals surface area contributed by atoms with E-state index >= 15 is 0 Å². The lowest BCUT2D eigenvalue weighted by Gasteiger charge is -2.43. The third-order valence-corrected chi connectivity index (χ3v) is 4.75. The van der Waals surface area contributed by atoms with Crippen LogP contribution >= 0.6 is 0 Å². The van der Waals surface area contributed by atoms with Crippen LogP contribution in [0, 0.1) is 5.82 Å². The average Bonchev–Trinajstić information content (AvgIpc) is 2.57. The summed E-state index contributed by atoms with van der Waals surface area (Å²) in [6, 6.07) is 12.6. The number of fused-ring (bicyclic) bond motifs is 1. The molecule has 0 N–H and O–H groups in total. The van der Waals surface area contributed by atoms with Crippen LogP contribution in [0.15, 0.2) is 42.5 Å². The van der Waals surface area contributed by atoms with E-state index in [9.17, 15) is 4.39 Å². The fourth-order valence-corrected chi connectivity index (χ4v) is 3.28. The lowest BCUT2D eigenvalue weighted by Crippen LogP contribution is -2.50. The van der Waals surface area contributed by atoms with Crippen LogP contribution in [0.1, 0.15) is 18.4 Å². The van der Waals surface area contributed by atoms with Crippen LogP contribution in [-0.4, -0.2) is 30.8 Å². The van der Waals surface area contributed by atoms with Gasteiger partial charge in [0.05, 0.1) is 6.61 Å². The van der Waals surface area contributed by atoms with Gasteiger partial charge in [-0.05, 0) is 42.4 Å². The Morgan fingerprint density at radius 3 is 2.61 bits per heavy atom. The van der Waals surface area contributed by atoms with Crippen molar-refractivity contribution in [3.63, 3.8) is 0 Å². The Bertz CT molecular complexity index is 723. The summed E-state index contributed by atoms with van der Waals surface area (Å²) in [4.78, 5) is 2.29. The summed E-state index contributed by atoms with van der Waals surface area (Å²) in [6.07, 6.45) is 1.77. The summed E-state index contributed by atoms with van der Waals surface area (Å²) in [5.41, 5.74) is 2.87. The van der Waals surface area contributed by atoms with Gasteiger partial charge in [0.2, 0.25) is 5.79 Å². The van der Waals surface area contributed by atoms with Gasteiger partial charge in [-0.3, -0.25) is 0 Å². The molecule has 0 aliphatic carbocycles. The Hall–Kier alpha value is -1.91. The predicted octanol–water partition coefficient (Wildman–Crippen LogP) is 3.82. The minimum atomic E-state index is -0.472. The van der Waals surface area contributed by atoms with Crippen LogP contribution in [0.25, 0.3) is 11.1 Å². The van der Waals surface area contributed by atoms with Crippen LogP contribution in [-0.2, 0) is 11.3 Å².